The summed E-state index contributed by atoms with van der Waals surface area (Å²) in [4.78, 5) is 66.1. The Labute approximate surface area is 289 Å². The summed E-state index contributed by atoms with van der Waals surface area (Å²) in [6.45, 7) is 8.81. The molecule has 49 heavy (non-hydrogen) atoms. The van der Waals surface area contributed by atoms with Gasteiger partial charge in [0, 0.05) is 13.0 Å². The molecule has 0 aromatic heterocycles. The number of carbonyl (C=O) groups is 5. The normalized spacial score (nSPS) is 13.8. The van der Waals surface area contributed by atoms with Crippen molar-refractivity contribution in [1.82, 2.24) is 16.0 Å². The van der Waals surface area contributed by atoms with Crippen LogP contribution < -0.4 is 21.7 Å². The fourth-order valence-electron chi connectivity index (χ4n) is 5.68. The van der Waals surface area contributed by atoms with Crippen molar-refractivity contribution in [2.75, 3.05) is 13.1 Å². The SMILES string of the molecule is CC(C)C[C@H](NC(=O)C(CCC(=O)CNC(=O)OC(C)(C)C)(Cc1ccccc1)c1ccccc1)C(=O)NCC(C(N)=O)c1ccccc1. The lowest BCUT2D eigenvalue weighted by molar-refractivity contribution is -0.133. The van der Waals surface area contributed by atoms with Gasteiger partial charge >= 0.3 is 6.09 Å². The van der Waals surface area contributed by atoms with E-state index in [2.05, 4.69) is 16.0 Å². The number of hydrogen-bond acceptors (Lipinski definition) is 6. The van der Waals surface area contributed by atoms with Gasteiger partial charge in [-0.15, -0.1) is 0 Å². The number of nitrogens with one attached hydrogen (secondary N) is 3. The van der Waals surface area contributed by atoms with Crippen LogP contribution in [0.5, 0.6) is 0 Å². The minimum atomic E-state index is -1.25. The number of rotatable bonds is 17. The number of primary amides is 1. The van der Waals surface area contributed by atoms with E-state index in [9.17, 15) is 24.0 Å². The van der Waals surface area contributed by atoms with Crippen LogP contribution in [0, 0.1) is 5.92 Å². The van der Waals surface area contributed by atoms with E-state index in [-0.39, 0.29) is 44.1 Å². The van der Waals surface area contributed by atoms with Crippen molar-refractivity contribution in [3.05, 3.63) is 108 Å². The predicted molar refractivity (Wildman–Crippen MR) is 190 cm³/mol. The summed E-state index contributed by atoms with van der Waals surface area (Å²) in [7, 11) is 0. The number of amides is 4. The monoisotopic (exact) mass is 670 g/mol. The standard InChI is InChI=1S/C39H50N4O6/c1-27(2)23-33(35(46)41-26-32(34(40)45)29-17-11-7-12-18-29)43-36(47)39(30-19-13-8-14-20-30,24-28-15-9-6-10-16-28)22-21-31(44)25-42-37(48)49-38(3,4)5/h6-20,27,32-33H,21-26H2,1-5H3,(H2,40,45)(H,41,46)(H,42,48)(H,43,47)/t32?,33-,39?/m0/s1. The number of nitrogens with two attached hydrogens (primary N) is 1. The van der Waals surface area contributed by atoms with E-state index in [4.69, 9.17) is 10.5 Å². The number of ether oxygens (including phenoxy) is 1. The van der Waals surface area contributed by atoms with Crippen LogP contribution in [0.3, 0.4) is 0 Å². The van der Waals surface area contributed by atoms with Crippen molar-refractivity contribution >= 4 is 29.6 Å². The number of hydrogen-bond donors (Lipinski definition) is 4. The van der Waals surface area contributed by atoms with Gasteiger partial charge < -0.3 is 26.4 Å². The fraction of sp³-hybridized carbons (Fsp3) is 0.410. The molecule has 0 aliphatic carbocycles. The lowest BCUT2D eigenvalue weighted by atomic mass is 9.71. The molecule has 4 amide bonds. The van der Waals surface area contributed by atoms with Crippen LogP contribution >= 0.6 is 0 Å². The third-order valence-corrected chi connectivity index (χ3v) is 8.12. The Morgan fingerprint density at radius 3 is 1.92 bits per heavy atom. The van der Waals surface area contributed by atoms with E-state index < -0.39 is 46.8 Å². The van der Waals surface area contributed by atoms with Gasteiger partial charge in [0.05, 0.1) is 17.9 Å². The summed E-state index contributed by atoms with van der Waals surface area (Å²) in [5.41, 5.74) is 5.96. The molecule has 0 heterocycles. The van der Waals surface area contributed by atoms with Gasteiger partial charge in [0.25, 0.3) is 0 Å². The van der Waals surface area contributed by atoms with E-state index in [0.29, 0.717) is 17.5 Å². The van der Waals surface area contributed by atoms with E-state index in [1.165, 1.54) is 0 Å². The second kappa shape index (κ2) is 18.0. The number of Topliss-reactive ketones (excluding diaryl/α,β-unsaturated/α-hetero) is 1. The van der Waals surface area contributed by atoms with Gasteiger partial charge in [0.15, 0.2) is 5.78 Å². The van der Waals surface area contributed by atoms with E-state index in [1.54, 1.807) is 45.0 Å². The highest BCUT2D eigenvalue weighted by Crippen LogP contribution is 2.35. The second-order valence-corrected chi connectivity index (χ2v) is 13.8. The third-order valence-electron chi connectivity index (χ3n) is 8.12. The van der Waals surface area contributed by atoms with Crippen molar-refractivity contribution in [2.24, 2.45) is 11.7 Å². The molecule has 0 aliphatic heterocycles. The molecule has 0 aliphatic rings. The average Bonchev–Trinajstić information content (AvgIpc) is 3.05. The molecule has 10 nitrogen and oxygen atoms in total. The summed E-state index contributed by atoms with van der Waals surface area (Å²) in [5, 5.41) is 8.39. The molecule has 0 spiro atoms. The largest absolute Gasteiger partial charge is 0.444 e. The highest BCUT2D eigenvalue weighted by atomic mass is 16.6. The molecule has 3 aromatic rings. The molecule has 0 saturated carbocycles. The Morgan fingerprint density at radius 2 is 1.37 bits per heavy atom. The van der Waals surface area contributed by atoms with Gasteiger partial charge in [-0.3, -0.25) is 19.2 Å². The van der Waals surface area contributed by atoms with Crippen molar-refractivity contribution in [3.63, 3.8) is 0 Å². The average molecular weight is 671 g/mol. The van der Waals surface area contributed by atoms with Crippen LogP contribution in [0.1, 0.15) is 76.5 Å². The molecule has 0 bridgehead atoms. The van der Waals surface area contributed by atoms with Gasteiger partial charge in [0.1, 0.15) is 11.6 Å². The minimum absolute atomic E-state index is 0.0244. The zero-order valence-electron chi connectivity index (χ0n) is 29.2. The molecular weight excluding hydrogens is 620 g/mol. The van der Waals surface area contributed by atoms with Crippen LogP contribution in [0.4, 0.5) is 4.79 Å². The predicted octanol–water partition coefficient (Wildman–Crippen LogP) is 4.96. The lowest BCUT2D eigenvalue weighted by Crippen LogP contribution is -2.55. The van der Waals surface area contributed by atoms with Crippen molar-refractivity contribution in [2.45, 2.75) is 83.3 Å². The summed E-state index contributed by atoms with van der Waals surface area (Å²) >= 11 is 0. The zero-order valence-corrected chi connectivity index (χ0v) is 29.2. The lowest BCUT2D eigenvalue weighted by Gasteiger charge is -2.35. The zero-order chi connectivity index (χ0) is 36.0. The van der Waals surface area contributed by atoms with Crippen LogP contribution in [0.2, 0.25) is 0 Å². The Hall–Kier alpha value is -4.99. The minimum Gasteiger partial charge on any atom is -0.444 e. The Morgan fingerprint density at radius 1 is 0.796 bits per heavy atom. The molecule has 262 valence electrons. The molecule has 0 saturated heterocycles. The van der Waals surface area contributed by atoms with Crippen molar-refractivity contribution in [3.8, 4) is 0 Å². The first-order chi connectivity index (χ1) is 23.2. The molecule has 3 atom stereocenters. The van der Waals surface area contributed by atoms with Crippen LogP contribution in [0.15, 0.2) is 91.0 Å². The number of alkyl carbamates (subject to hydrolysis) is 1. The Balaban J connectivity index is 1.91. The maximum absolute atomic E-state index is 14.7. The second-order valence-electron chi connectivity index (χ2n) is 13.8. The van der Waals surface area contributed by atoms with Gasteiger partial charge in [-0.25, -0.2) is 4.79 Å². The van der Waals surface area contributed by atoms with Crippen molar-refractivity contribution < 1.29 is 28.7 Å². The highest BCUT2D eigenvalue weighted by molar-refractivity contribution is 5.94. The maximum Gasteiger partial charge on any atom is 0.408 e. The summed E-state index contributed by atoms with van der Waals surface area (Å²) in [6.07, 6.45) is -0.0295. The third kappa shape index (κ3) is 12.2. The Bertz CT molecular complexity index is 1540. The van der Waals surface area contributed by atoms with Crippen molar-refractivity contribution in [1.29, 1.82) is 0 Å². The van der Waals surface area contributed by atoms with E-state index >= 15 is 0 Å². The summed E-state index contributed by atoms with van der Waals surface area (Å²) in [5.74, 6) is -2.41. The first-order valence-electron chi connectivity index (χ1n) is 16.7. The molecule has 0 fully saturated rings. The molecule has 3 aromatic carbocycles. The molecule has 3 rings (SSSR count). The van der Waals surface area contributed by atoms with Gasteiger partial charge in [-0.2, -0.15) is 0 Å². The molecule has 5 N–H and O–H groups in total. The van der Waals surface area contributed by atoms with Gasteiger partial charge in [0.2, 0.25) is 17.7 Å². The Kier molecular flexibility index (Phi) is 14.1. The highest BCUT2D eigenvalue weighted by Gasteiger charge is 2.42. The topological polar surface area (TPSA) is 157 Å². The molecular formula is C39H50N4O6. The van der Waals surface area contributed by atoms with E-state index in [1.807, 2.05) is 80.6 Å². The smallest absolute Gasteiger partial charge is 0.408 e. The van der Waals surface area contributed by atoms with Crippen LogP contribution in [0.25, 0.3) is 0 Å². The molecule has 2 unspecified atom stereocenters. The summed E-state index contributed by atoms with van der Waals surface area (Å²) < 4.78 is 5.26. The maximum atomic E-state index is 14.7. The van der Waals surface area contributed by atoms with Gasteiger partial charge in [-0.1, -0.05) is 105 Å². The number of benzene rings is 3. The fourth-order valence-corrected chi connectivity index (χ4v) is 5.68. The van der Waals surface area contributed by atoms with Gasteiger partial charge in [-0.05, 0) is 62.6 Å². The van der Waals surface area contributed by atoms with Crippen LogP contribution in [-0.2, 0) is 35.8 Å². The quantitative estimate of drug-likeness (QED) is 0.159. The van der Waals surface area contributed by atoms with Crippen LogP contribution in [-0.4, -0.2) is 54.3 Å². The first-order valence-corrected chi connectivity index (χ1v) is 16.7. The summed E-state index contributed by atoms with van der Waals surface area (Å²) in [6, 6.07) is 26.7. The molecule has 10 heteroatoms. The number of ketones is 1. The molecule has 0 radical (unpaired) electrons. The first kappa shape index (κ1) is 38.5. The number of carbonyl (C=O) groups excluding carboxylic acids is 5. The van der Waals surface area contributed by atoms with E-state index in [0.717, 1.165) is 5.56 Å².